The molecule has 0 fully saturated rings. The molecule has 0 spiro atoms. The number of aliphatic hydroxyl groups excluding tert-OH is 1. The summed E-state index contributed by atoms with van der Waals surface area (Å²) in [5.74, 6) is 0.639. The molecule has 0 saturated carbocycles. The van der Waals surface area contributed by atoms with E-state index in [1.54, 1.807) is 6.07 Å². The van der Waals surface area contributed by atoms with Crippen LogP contribution in [0.5, 0.6) is 5.75 Å². The lowest BCUT2D eigenvalue weighted by Crippen LogP contribution is -2.01. The van der Waals surface area contributed by atoms with Gasteiger partial charge in [-0.25, -0.2) is 0 Å². The molecule has 0 aromatic heterocycles. The summed E-state index contributed by atoms with van der Waals surface area (Å²) in [6, 6.07) is 5.47. The molecule has 20 heavy (non-hydrogen) atoms. The van der Waals surface area contributed by atoms with E-state index in [-0.39, 0.29) is 6.61 Å². The number of para-hydroxylation sites is 1. The van der Waals surface area contributed by atoms with Crippen molar-refractivity contribution in [1.29, 1.82) is 0 Å². The van der Waals surface area contributed by atoms with E-state index in [4.69, 9.17) is 16.3 Å². The van der Waals surface area contributed by atoms with Crippen LogP contribution in [0.2, 0.25) is 5.02 Å². The van der Waals surface area contributed by atoms with Crippen molar-refractivity contribution in [3.63, 3.8) is 0 Å². The van der Waals surface area contributed by atoms with E-state index in [1.165, 1.54) is 44.9 Å². The fraction of sp³-hybridized carbons (Fsp3) is 0.647. The third-order valence-corrected chi connectivity index (χ3v) is 3.76. The van der Waals surface area contributed by atoms with Crippen LogP contribution >= 0.6 is 11.6 Å². The first-order chi connectivity index (χ1) is 9.79. The maximum absolute atomic E-state index is 9.25. The molecule has 0 aliphatic heterocycles. The third-order valence-electron chi connectivity index (χ3n) is 3.46. The average Bonchev–Trinajstić information content (AvgIpc) is 2.46. The number of hydrogen-bond acceptors (Lipinski definition) is 2. The molecule has 1 aromatic carbocycles. The highest BCUT2D eigenvalue weighted by molar-refractivity contribution is 6.32. The summed E-state index contributed by atoms with van der Waals surface area (Å²) in [4.78, 5) is 0. The average molecular weight is 299 g/mol. The van der Waals surface area contributed by atoms with Gasteiger partial charge in [-0.05, 0) is 12.5 Å². The molecule has 0 heterocycles. The van der Waals surface area contributed by atoms with Crippen molar-refractivity contribution in [3.05, 3.63) is 28.8 Å². The molecule has 0 aliphatic carbocycles. The molecular weight excluding hydrogens is 272 g/mol. The Hall–Kier alpha value is -0.730. The molecule has 0 bridgehead atoms. The first kappa shape index (κ1) is 17.3. The van der Waals surface area contributed by atoms with Gasteiger partial charge in [-0.2, -0.15) is 0 Å². The lowest BCUT2D eigenvalue weighted by Gasteiger charge is -2.11. The maximum atomic E-state index is 9.25. The molecule has 0 unspecified atom stereocenters. The molecule has 0 saturated heterocycles. The molecule has 0 radical (unpaired) electrons. The SMILES string of the molecule is CCCCCCCCCCOc1c(Cl)cccc1CO. The van der Waals surface area contributed by atoms with Crippen molar-refractivity contribution in [1.82, 2.24) is 0 Å². The summed E-state index contributed by atoms with van der Waals surface area (Å²) >= 11 is 6.08. The highest BCUT2D eigenvalue weighted by Crippen LogP contribution is 2.28. The minimum absolute atomic E-state index is 0.0344. The summed E-state index contributed by atoms with van der Waals surface area (Å²) in [5, 5.41) is 9.83. The molecule has 0 amide bonds. The second-order valence-electron chi connectivity index (χ2n) is 5.21. The Kier molecular flexibility index (Phi) is 9.52. The fourth-order valence-electron chi connectivity index (χ4n) is 2.25. The van der Waals surface area contributed by atoms with Gasteiger partial charge in [-0.3, -0.25) is 0 Å². The number of benzene rings is 1. The van der Waals surface area contributed by atoms with Gasteiger partial charge < -0.3 is 9.84 Å². The van der Waals surface area contributed by atoms with Crippen LogP contribution in [-0.2, 0) is 6.61 Å². The summed E-state index contributed by atoms with van der Waals surface area (Å²) < 4.78 is 5.71. The molecule has 3 heteroatoms. The molecule has 2 nitrogen and oxygen atoms in total. The highest BCUT2D eigenvalue weighted by atomic mass is 35.5. The molecule has 1 rings (SSSR count). The lowest BCUT2D eigenvalue weighted by atomic mass is 10.1. The number of unbranched alkanes of at least 4 members (excludes halogenated alkanes) is 7. The van der Waals surface area contributed by atoms with Crippen molar-refractivity contribution in [2.24, 2.45) is 0 Å². The van der Waals surface area contributed by atoms with E-state index in [9.17, 15) is 5.11 Å². The van der Waals surface area contributed by atoms with Gasteiger partial charge >= 0.3 is 0 Å². The Morgan fingerprint density at radius 2 is 1.65 bits per heavy atom. The van der Waals surface area contributed by atoms with Crippen molar-refractivity contribution >= 4 is 11.6 Å². The Morgan fingerprint density at radius 1 is 1.00 bits per heavy atom. The van der Waals surface area contributed by atoms with Gasteiger partial charge in [0.15, 0.2) is 0 Å². The minimum Gasteiger partial charge on any atom is -0.492 e. The monoisotopic (exact) mass is 298 g/mol. The second kappa shape index (κ2) is 11.0. The smallest absolute Gasteiger partial charge is 0.143 e. The van der Waals surface area contributed by atoms with E-state index in [1.807, 2.05) is 12.1 Å². The van der Waals surface area contributed by atoms with Gasteiger partial charge in [0.2, 0.25) is 0 Å². The molecule has 114 valence electrons. The first-order valence-electron chi connectivity index (χ1n) is 7.80. The largest absolute Gasteiger partial charge is 0.492 e. The zero-order valence-electron chi connectivity index (χ0n) is 12.5. The molecular formula is C17H27ClO2. The maximum Gasteiger partial charge on any atom is 0.143 e. The third kappa shape index (κ3) is 6.62. The summed E-state index contributed by atoms with van der Waals surface area (Å²) in [6.45, 7) is 2.88. The van der Waals surface area contributed by atoms with Crippen LogP contribution in [0.3, 0.4) is 0 Å². The van der Waals surface area contributed by atoms with Crippen molar-refractivity contribution in [2.75, 3.05) is 6.61 Å². The zero-order valence-corrected chi connectivity index (χ0v) is 13.3. The predicted octanol–water partition coefficient (Wildman–Crippen LogP) is 5.35. The van der Waals surface area contributed by atoms with Crippen molar-refractivity contribution in [3.8, 4) is 5.75 Å². The number of halogens is 1. The molecule has 0 atom stereocenters. The molecule has 1 N–H and O–H groups in total. The number of rotatable bonds is 11. The first-order valence-corrected chi connectivity index (χ1v) is 8.18. The van der Waals surface area contributed by atoms with Crippen molar-refractivity contribution < 1.29 is 9.84 Å². The summed E-state index contributed by atoms with van der Waals surface area (Å²) in [7, 11) is 0. The van der Waals surface area contributed by atoms with Gasteiger partial charge in [-0.15, -0.1) is 0 Å². The van der Waals surface area contributed by atoms with Gasteiger partial charge in [0, 0.05) is 5.56 Å². The van der Waals surface area contributed by atoms with Gasteiger partial charge in [-0.1, -0.05) is 75.6 Å². The molecule has 0 aliphatic rings. The van der Waals surface area contributed by atoms with Crippen LogP contribution in [0.25, 0.3) is 0 Å². The normalized spacial score (nSPS) is 10.8. The topological polar surface area (TPSA) is 29.5 Å². The fourth-order valence-corrected chi connectivity index (χ4v) is 2.50. The second-order valence-corrected chi connectivity index (χ2v) is 5.62. The summed E-state index contributed by atoms with van der Waals surface area (Å²) in [6.07, 6.45) is 10.2. The Labute approximate surface area is 128 Å². The van der Waals surface area contributed by atoms with Crippen LogP contribution in [-0.4, -0.2) is 11.7 Å². The minimum atomic E-state index is -0.0344. The van der Waals surface area contributed by atoms with Crippen molar-refractivity contribution in [2.45, 2.75) is 64.9 Å². The van der Waals surface area contributed by atoms with E-state index < -0.39 is 0 Å². The molecule has 1 aromatic rings. The quantitative estimate of drug-likeness (QED) is 0.558. The highest BCUT2D eigenvalue weighted by Gasteiger charge is 2.07. The zero-order chi connectivity index (χ0) is 14.6. The van der Waals surface area contributed by atoms with E-state index in [2.05, 4.69) is 6.92 Å². The standard InChI is InChI=1S/C17H27ClO2/c1-2-3-4-5-6-7-8-9-13-20-17-15(14-19)11-10-12-16(17)18/h10-12,19H,2-9,13-14H2,1H3. The van der Waals surface area contributed by atoms with Crippen LogP contribution in [0.4, 0.5) is 0 Å². The predicted molar refractivity (Wildman–Crippen MR) is 85.5 cm³/mol. The van der Waals surface area contributed by atoms with E-state index >= 15 is 0 Å². The lowest BCUT2D eigenvalue weighted by molar-refractivity contribution is 0.260. The number of ether oxygens (including phenoxy) is 1. The van der Waals surface area contributed by atoms with Crippen LogP contribution in [0.15, 0.2) is 18.2 Å². The Bertz CT molecular complexity index is 366. The van der Waals surface area contributed by atoms with Crippen LogP contribution < -0.4 is 4.74 Å². The van der Waals surface area contributed by atoms with Gasteiger partial charge in [0.1, 0.15) is 5.75 Å². The van der Waals surface area contributed by atoms with Gasteiger partial charge in [0.25, 0.3) is 0 Å². The summed E-state index contributed by atoms with van der Waals surface area (Å²) in [5.41, 5.74) is 0.761. The van der Waals surface area contributed by atoms with Gasteiger partial charge in [0.05, 0.1) is 18.2 Å². The number of aliphatic hydroxyl groups is 1. The van der Waals surface area contributed by atoms with Crippen LogP contribution in [0, 0.1) is 0 Å². The van der Waals surface area contributed by atoms with E-state index in [0.29, 0.717) is 17.4 Å². The number of hydrogen-bond donors (Lipinski definition) is 1. The Balaban J connectivity index is 2.12. The van der Waals surface area contributed by atoms with Crippen LogP contribution in [0.1, 0.15) is 63.9 Å². The van der Waals surface area contributed by atoms with E-state index in [0.717, 1.165) is 12.0 Å². The Morgan fingerprint density at radius 3 is 2.30 bits per heavy atom.